The Morgan fingerprint density at radius 1 is 1.50 bits per heavy atom. The number of carbonyl (C=O) groups excluding carboxylic acids is 1. The number of rotatable bonds is 3. The topological polar surface area (TPSA) is 124 Å². The molecule has 2 N–H and O–H groups in total. The zero-order valence-corrected chi connectivity index (χ0v) is 15.6. The summed E-state index contributed by atoms with van der Waals surface area (Å²) in [6.07, 6.45) is 1.34. The van der Waals surface area contributed by atoms with E-state index in [9.17, 15) is 14.9 Å². The smallest absolute Gasteiger partial charge is 0.357 e. The molecule has 24 heavy (non-hydrogen) atoms. The van der Waals surface area contributed by atoms with Crippen LogP contribution in [-0.4, -0.2) is 22.6 Å². The monoisotopic (exact) mass is 456 g/mol. The minimum Gasteiger partial charge on any atom is -0.464 e. The van der Waals surface area contributed by atoms with E-state index >= 15 is 0 Å². The number of nitriles is 1. The fraction of sp³-hybridized carbons (Fsp3) is 0.143. The minimum atomic E-state index is -0.758. The third-order valence-electron chi connectivity index (χ3n) is 3.33. The molecule has 0 bridgehead atoms. The molecule has 0 spiro atoms. The summed E-state index contributed by atoms with van der Waals surface area (Å²) in [5.74, 6) is -0.758. The van der Waals surface area contributed by atoms with Gasteiger partial charge in [0.2, 0.25) is 0 Å². The summed E-state index contributed by atoms with van der Waals surface area (Å²) in [4.78, 5) is 22.8. The molecule has 124 valence electrons. The third kappa shape index (κ3) is 2.76. The Kier molecular flexibility index (Phi) is 4.96. The highest BCUT2D eigenvalue weighted by molar-refractivity contribution is 9.11. The van der Waals surface area contributed by atoms with Crippen molar-refractivity contribution in [3.63, 3.8) is 0 Å². The van der Waals surface area contributed by atoms with Crippen molar-refractivity contribution >= 4 is 49.2 Å². The number of hydrogen-bond donors (Lipinski definition) is 1. The quantitative estimate of drug-likeness (QED) is 0.427. The fourth-order valence-electron chi connectivity index (χ4n) is 2.27. The molecule has 0 amide bonds. The summed E-state index contributed by atoms with van der Waals surface area (Å²) >= 11 is 6.36. The zero-order valence-electron chi connectivity index (χ0n) is 12.5. The molecule has 0 unspecified atom stereocenters. The van der Waals surface area contributed by atoms with Crippen LogP contribution in [0.15, 0.2) is 21.2 Å². The van der Waals surface area contributed by atoms with E-state index in [1.54, 1.807) is 13.0 Å². The number of hydrogen-bond acceptors (Lipinski definition) is 6. The molecule has 1 aromatic heterocycles. The van der Waals surface area contributed by atoms with Gasteiger partial charge in [0.15, 0.2) is 5.69 Å². The molecule has 0 saturated carbocycles. The predicted octanol–water partition coefficient (Wildman–Crippen LogP) is 3.46. The Labute approximate surface area is 153 Å². The van der Waals surface area contributed by atoms with Crippen LogP contribution in [0, 0.1) is 28.4 Å². The lowest BCUT2D eigenvalue weighted by Gasteiger charge is -2.14. The molecule has 0 saturated heterocycles. The number of aromatic nitrogens is 1. The van der Waals surface area contributed by atoms with E-state index in [-0.39, 0.29) is 31.6 Å². The number of nitrogen functional groups attached to an aromatic ring is 1. The largest absolute Gasteiger partial charge is 0.464 e. The van der Waals surface area contributed by atoms with Crippen LogP contribution in [0.25, 0.3) is 5.69 Å². The molecule has 1 heterocycles. The van der Waals surface area contributed by atoms with Gasteiger partial charge in [-0.05, 0) is 50.4 Å². The van der Waals surface area contributed by atoms with Crippen LogP contribution in [0.4, 0.5) is 11.4 Å². The van der Waals surface area contributed by atoms with Crippen LogP contribution < -0.4 is 5.73 Å². The third-order valence-corrected chi connectivity index (χ3v) is 4.68. The van der Waals surface area contributed by atoms with Crippen molar-refractivity contribution in [3.05, 3.63) is 48.1 Å². The van der Waals surface area contributed by atoms with E-state index in [1.807, 2.05) is 6.07 Å². The van der Waals surface area contributed by atoms with Crippen molar-refractivity contribution in [1.29, 1.82) is 5.26 Å². The van der Waals surface area contributed by atoms with Gasteiger partial charge in [-0.15, -0.1) is 0 Å². The molecule has 0 aliphatic carbocycles. The van der Waals surface area contributed by atoms with Gasteiger partial charge in [-0.3, -0.25) is 10.1 Å². The first-order chi connectivity index (χ1) is 11.2. The minimum absolute atomic E-state index is 0.0544. The lowest BCUT2D eigenvalue weighted by Crippen LogP contribution is -2.12. The number of esters is 1. The Hall–Kier alpha value is -2.38. The molecule has 0 aliphatic rings. The maximum absolute atomic E-state index is 12.1. The van der Waals surface area contributed by atoms with Gasteiger partial charge >= 0.3 is 5.97 Å². The number of methoxy groups -OCH3 is 1. The summed E-state index contributed by atoms with van der Waals surface area (Å²) in [5.41, 5.74) is 6.51. The fourth-order valence-corrected chi connectivity index (χ4v) is 4.09. The summed E-state index contributed by atoms with van der Waals surface area (Å²) in [6.45, 7) is 1.71. The number of benzene rings is 1. The standard InChI is InChI=1S/C14H10Br2N4O4/c1-6-3-8(15)12(20(22)23)9(16)11(6)19-5-7(4-17)10(18)13(19)14(21)24-2/h3,5H,18H2,1-2H3. The van der Waals surface area contributed by atoms with Crippen molar-refractivity contribution in [2.24, 2.45) is 0 Å². The van der Waals surface area contributed by atoms with Gasteiger partial charge in [-0.25, -0.2) is 4.79 Å². The lowest BCUT2D eigenvalue weighted by molar-refractivity contribution is -0.386. The van der Waals surface area contributed by atoms with Crippen LogP contribution in [0.2, 0.25) is 0 Å². The lowest BCUT2D eigenvalue weighted by atomic mass is 10.1. The van der Waals surface area contributed by atoms with Crippen molar-refractivity contribution in [2.75, 3.05) is 12.8 Å². The molecule has 0 radical (unpaired) electrons. The van der Waals surface area contributed by atoms with Gasteiger partial charge in [-0.2, -0.15) is 5.26 Å². The number of ether oxygens (including phenoxy) is 1. The van der Waals surface area contributed by atoms with E-state index in [0.29, 0.717) is 11.3 Å². The van der Waals surface area contributed by atoms with Crippen LogP contribution in [0.3, 0.4) is 0 Å². The Morgan fingerprint density at radius 3 is 2.62 bits per heavy atom. The first-order valence-corrected chi connectivity index (χ1v) is 7.95. The predicted molar refractivity (Wildman–Crippen MR) is 93.0 cm³/mol. The maximum atomic E-state index is 12.1. The van der Waals surface area contributed by atoms with Gasteiger partial charge in [0, 0.05) is 6.20 Å². The number of nitro groups is 1. The highest BCUT2D eigenvalue weighted by Crippen LogP contribution is 2.41. The van der Waals surface area contributed by atoms with E-state index in [1.165, 1.54) is 17.9 Å². The number of carbonyl (C=O) groups is 1. The Balaban J connectivity index is 2.93. The summed E-state index contributed by atoms with van der Waals surface area (Å²) < 4.78 is 6.45. The number of anilines is 1. The van der Waals surface area contributed by atoms with E-state index in [2.05, 4.69) is 31.9 Å². The second-order valence-electron chi connectivity index (χ2n) is 4.72. The van der Waals surface area contributed by atoms with E-state index in [0.717, 1.165) is 0 Å². The molecule has 8 nitrogen and oxygen atoms in total. The molecule has 0 atom stereocenters. The first-order valence-electron chi connectivity index (χ1n) is 6.37. The number of nitro benzene ring substituents is 1. The van der Waals surface area contributed by atoms with Gasteiger partial charge in [-0.1, -0.05) is 0 Å². The van der Waals surface area contributed by atoms with Crippen molar-refractivity contribution in [3.8, 4) is 11.8 Å². The summed E-state index contributed by atoms with van der Waals surface area (Å²) in [7, 11) is 1.18. The van der Waals surface area contributed by atoms with E-state index in [4.69, 9.17) is 15.7 Å². The summed E-state index contributed by atoms with van der Waals surface area (Å²) in [5, 5.41) is 20.5. The van der Waals surface area contributed by atoms with Crippen LogP contribution in [0.1, 0.15) is 21.6 Å². The maximum Gasteiger partial charge on any atom is 0.357 e. The Morgan fingerprint density at radius 2 is 2.12 bits per heavy atom. The molecule has 0 aliphatic heterocycles. The second kappa shape index (κ2) is 6.62. The summed E-state index contributed by atoms with van der Waals surface area (Å²) in [6, 6.07) is 3.42. The van der Waals surface area contributed by atoms with Gasteiger partial charge in [0.05, 0.1) is 33.4 Å². The van der Waals surface area contributed by atoms with Gasteiger partial charge in [0.25, 0.3) is 5.69 Å². The molecule has 1 aromatic carbocycles. The molecular weight excluding hydrogens is 448 g/mol. The number of nitrogens with zero attached hydrogens (tertiary/aromatic N) is 3. The average molecular weight is 458 g/mol. The molecular formula is C14H10Br2N4O4. The molecule has 0 fully saturated rings. The van der Waals surface area contributed by atoms with Crippen LogP contribution in [-0.2, 0) is 4.74 Å². The van der Waals surface area contributed by atoms with Gasteiger partial charge in [0.1, 0.15) is 10.5 Å². The number of nitrogens with two attached hydrogens (primary N) is 1. The Bertz CT molecular complexity index is 915. The zero-order chi connectivity index (χ0) is 18.2. The number of halogens is 2. The van der Waals surface area contributed by atoms with Crippen LogP contribution >= 0.6 is 31.9 Å². The van der Waals surface area contributed by atoms with Gasteiger partial charge < -0.3 is 15.0 Å². The highest BCUT2D eigenvalue weighted by atomic mass is 79.9. The molecule has 2 rings (SSSR count). The van der Waals surface area contributed by atoms with E-state index < -0.39 is 10.9 Å². The van der Waals surface area contributed by atoms with Crippen molar-refractivity contribution in [2.45, 2.75) is 6.92 Å². The van der Waals surface area contributed by atoms with Crippen molar-refractivity contribution in [1.82, 2.24) is 4.57 Å². The van der Waals surface area contributed by atoms with Crippen LogP contribution in [0.5, 0.6) is 0 Å². The first kappa shape index (κ1) is 18.0. The highest BCUT2D eigenvalue weighted by Gasteiger charge is 2.28. The van der Waals surface area contributed by atoms with Crippen molar-refractivity contribution < 1.29 is 14.5 Å². The SMILES string of the molecule is COC(=O)c1c(N)c(C#N)cn1-c1c(C)cc(Br)c([N+](=O)[O-])c1Br. The average Bonchev–Trinajstić information content (AvgIpc) is 2.82. The second-order valence-corrected chi connectivity index (χ2v) is 6.37. The normalized spacial score (nSPS) is 10.3. The molecule has 10 heteroatoms. The number of aryl methyl sites for hydroxylation is 1. The molecule has 2 aromatic rings.